The molecule has 3 heterocycles. The Hall–Kier alpha value is -2.96. The van der Waals surface area contributed by atoms with Gasteiger partial charge in [-0.15, -0.1) is 11.3 Å². The van der Waals surface area contributed by atoms with Crippen LogP contribution >= 0.6 is 22.9 Å². The number of nitrogens with zero attached hydrogens (tertiary/aromatic N) is 4. The molecular weight excluding hydrogens is 403 g/mol. The summed E-state index contributed by atoms with van der Waals surface area (Å²) in [5.74, 6) is -0.543. The Morgan fingerprint density at radius 1 is 1.54 bits per heavy atom. The van der Waals surface area contributed by atoms with Gasteiger partial charge in [-0.1, -0.05) is 11.6 Å². The molecule has 10 heteroatoms. The lowest BCUT2D eigenvalue weighted by Crippen LogP contribution is -2.44. The molecule has 2 amide bonds. The molecule has 0 radical (unpaired) electrons. The largest absolute Gasteiger partial charge is 0.322 e. The van der Waals surface area contributed by atoms with Crippen LogP contribution in [0.3, 0.4) is 0 Å². The van der Waals surface area contributed by atoms with E-state index in [-0.39, 0.29) is 17.1 Å². The molecule has 28 heavy (non-hydrogen) atoms. The molecule has 1 atom stereocenters. The molecule has 3 aromatic rings. The molecule has 0 spiro atoms. The van der Waals surface area contributed by atoms with Gasteiger partial charge in [-0.2, -0.15) is 10.4 Å². The van der Waals surface area contributed by atoms with E-state index in [0.29, 0.717) is 35.0 Å². The predicted octanol–water partition coefficient (Wildman–Crippen LogP) is 4.18. The molecule has 0 saturated heterocycles. The van der Waals surface area contributed by atoms with Gasteiger partial charge in [-0.25, -0.2) is 14.2 Å². The minimum Gasteiger partial charge on any atom is -0.317 e. The summed E-state index contributed by atoms with van der Waals surface area (Å²) < 4.78 is 13.3. The Balaban J connectivity index is 1.58. The van der Waals surface area contributed by atoms with E-state index in [4.69, 9.17) is 16.9 Å². The lowest BCUT2D eigenvalue weighted by atomic mass is 9.99. The molecule has 4 rings (SSSR count). The van der Waals surface area contributed by atoms with Crippen LogP contribution in [0.2, 0.25) is 5.02 Å². The van der Waals surface area contributed by atoms with Gasteiger partial charge >= 0.3 is 6.03 Å². The van der Waals surface area contributed by atoms with Crippen molar-refractivity contribution in [3.63, 3.8) is 0 Å². The summed E-state index contributed by atoms with van der Waals surface area (Å²) in [7, 11) is 0. The van der Waals surface area contributed by atoms with Crippen molar-refractivity contribution in [1.29, 1.82) is 5.26 Å². The Kier molecular flexibility index (Phi) is 4.75. The topological polar surface area (TPSA) is 97.7 Å². The number of urea groups is 1. The Labute approximate surface area is 168 Å². The number of nitriles is 1. The Morgan fingerprint density at radius 3 is 3.07 bits per heavy atom. The van der Waals surface area contributed by atoms with Crippen LogP contribution in [0.1, 0.15) is 23.2 Å². The molecule has 2 N–H and O–H groups in total. The van der Waals surface area contributed by atoms with Gasteiger partial charge in [0.25, 0.3) is 0 Å². The average molecular weight is 417 g/mol. The van der Waals surface area contributed by atoms with Crippen molar-refractivity contribution in [2.45, 2.75) is 25.9 Å². The smallest absolute Gasteiger partial charge is 0.317 e. The normalized spacial score (nSPS) is 15.8. The van der Waals surface area contributed by atoms with Crippen molar-refractivity contribution in [3.8, 4) is 17.5 Å². The highest BCUT2D eigenvalue weighted by atomic mass is 35.5. The van der Waals surface area contributed by atoms with Crippen LogP contribution < -0.4 is 5.32 Å². The van der Waals surface area contributed by atoms with E-state index < -0.39 is 5.82 Å². The van der Waals surface area contributed by atoms with Crippen molar-refractivity contribution in [2.75, 3.05) is 5.32 Å². The first-order chi connectivity index (χ1) is 13.5. The number of carbonyl (C=O) groups excluding carboxylic acids is 1. The Bertz CT molecular complexity index is 1100. The predicted molar refractivity (Wildman–Crippen MR) is 104 cm³/mol. The summed E-state index contributed by atoms with van der Waals surface area (Å²) >= 11 is 7.03. The summed E-state index contributed by atoms with van der Waals surface area (Å²) in [4.78, 5) is 18.7. The second-order valence-electron chi connectivity index (χ2n) is 6.42. The molecule has 1 aromatic carbocycles. The van der Waals surface area contributed by atoms with E-state index >= 15 is 0 Å². The highest BCUT2D eigenvalue weighted by molar-refractivity contribution is 7.10. The minimum absolute atomic E-state index is 0.0549. The number of anilines is 1. The second-order valence-corrected chi connectivity index (χ2v) is 7.68. The van der Waals surface area contributed by atoms with Crippen molar-refractivity contribution in [1.82, 2.24) is 20.1 Å². The number of benzene rings is 1. The van der Waals surface area contributed by atoms with Gasteiger partial charge in [0.1, 0.15) is 23.3 Å². The molecule has 0 fully saturated rings. The fourth-order valence-corrected chi connectivity index (χ4v) is 3.93. The average Bonchev–Trinajstić information content (AvgIpc) is 3.30. The molecule has 0 saturated carbocycles. The number of hydrogen-bond donors (Lipinski definition) is 2. The first kappa shape index (κ1) is 18.4. The third-order valence-electron chi connectivity index (χ3n) is 4.59. The van der Waals surface area contributed by atoms with E-state index in [1.54, 1.807) is 10.3 Å². The number of aromatic nitrogens is 3. The van der Waals surface area contributed by atoms with Crippen LogP contribution in [-0.4, -0.2) is 32.2 Å². The third-order valence-corrected chi connectivity index (χ3v) is 5.62. The van der Waals surface area contributed by atoms with Gasteiger partial charge in [-0.05, 0) is 25.1 Å². The first-order valence-corrected chi connectivity index (χ1v) is 9.67. The summed E-state index contributed by atoms with van der Waals surface area (Å²) in [6, 6.07) is 5.67. The maximum absolute atomic E-state index is 13.3. The fraction of sp³-hybridized carbons (Fsp3) is 0.222. The van der Waals surface area contributed by atoms with Crippen LogP contribution in [0.4, 0.5) is 14.9 Å². The standard InChI is InChI=1S/C18H14ClFN6OS/c1-9-4-14-11(17(25-24-14)15-8-28-16(6-21)23-15)7-26(9)18(27)22-10-2-3-13(20)12(19)5-10/h2-3,5,8-9H,4,7H2,1H3,(H,22,27)(H,24,25). The number of rotatable bonds is 2. The molecule has 1 aliphatic heterocycles. The molecule has 0 bridgehead atoms. The fourth-order valence-electron chi connectivity index (χ4n) is 3.16. The number of H-pyrrole nitrogens is 1. The summed E-state index contributed by atoms with van der Waals surface area (Å²) in [6.45, 7) is 2.28. The van der Waals surface area contributed by atoms with Crippen molar-refractivity contribution >= 4 is 34.7 Å². The van der Waals surface area contributed by atoms with E-state index in [1.807, 2.05) is 13.0 Å². The van der Waals surface area contributed by atoms with Crippen LogP contribution in [0.5, 0.6) is 0 Å². The number of hydrogen-bond acceptors (Lipinski definition) is 5. The van der Waals surface area contributed by atoms with Crippen LogP contribution in [0.25, 0.3) is 11.4 Å². The number of carbonyl (C=O) groups is 1. The maximum Gasteiger partial charge on any atom is 0.322 e. The van der Waals surface area contributed by atoms with Crippen molar-refractivity contribution < 1.29 is 9.18 Å². The van der Waals surface area contributed by atoms with E-state index in [2.05, 4.69) is 20.5 Å². The second kappa shape index (κ2) is 7.22. The van der Waals surface area contributed by atoms with E-state index in [1.165, 1.54) is 29.5 Å². The maximum atomic E-state index is 13.3. The van der Waals surface area contributed by atoms with Gasteiger partial charge in [-0.3, -0.25) is 5.10 Å². The van der Waals surface area contributed by atoms with Gasteiger partial charge in [0, 0.05) is 34.8 Å². The molecule has 1 unspecified atom stereocenters. The summed E-state index contributed by atoms with van der Waals surface area (Å²) in [6.07, 6.45) is 0.606. The molecule has 0 aliphatic carbocycles. The van der Waals surface area contributed by atoms with Crippen molar-refractivity contribution in [3.05, 3.63) is 50.7 Å². The number of fused-ring (bicyclic) bond motifs is 1. The lowest BCUT2D eigenvalue weighted by molar-refractivity contribution is 0.182. The number of halogens is 2. The zero-order chi connectivity index (χ0) is 19.8. The number of aromatic amines is 1. The quantitative estimate of drug-likeness (QED) is 0.654. The Morgan fingerprint density at radius 2 is 2.36 bits per heavy atom. The van der Waals surface area contributed by atoms with E-state index in [0.717, 1.165) is 11.3 Å². The lowest BCUT2D eigenvalue weighted by Gasteiger charge is -2.33. The summed E-state index contributed by atoms with van der Waals surface area (Å²) in [5.41, 5.74) is 3.49. The zero-order valence-electron chi connectivity index (χ0n) is 14.7. The highest BCUT2D eigenvalue weighted by Crippen LogP contribution is 2.31. The number of thiazole rings is 1. The van der Waals surface area contributed by atoms with Crippen molar-refractivity contribution in [2.24, 2.45) is 0 Å². The minimum atomic E-state index is -0.543. The third kappa shape index (κ3) is 3.32. The zero-order valence-corrected chi connectivity index (χ0v) is 16.2. The molecule has 2 aromatic heterocycles. The molecule has 1 aliphatic rings. The molecule has 7 nitrogen and oxygen atoms in total. The summed E-state index contributed by atoms with van der Waals surface area (Å²) in [5, 5.41) is 21.2. The first-order valence-electron chi connectivity index (χ1n) is 8.41. The number of nitrogens with one attached hydrogen (secondary N) is 2. The van der Waals surface area contributed by atoms with Crippen LogP contribution in [0, 0.1) is 17.1 Å². The molecular formula is C18H14ClFN6OS. The SMILES string of the molecule is CC1Cc2[nH]nc(-c3csc(C#N)n3)c2CN1C(=O)Nc1ccc(F)c(Cl)c1. The molecule has 142 valence electrons. The van der Waals surface area contributed by atoms with Gasteiger partial charge in [0.05, 0.1) is 11.6 Å². The van der Waals surface area contributed by atoms with Gasteiger partial charge < -0.3 is 10.2 Å². The van der Waals surface area contributed by atoms with Gasteiger partial charge in [0.15, 0.2) is 5.01 Å². The highest BCUT2D eigenvalue weighted by Gasteiger charge is 2.31. The van der Waals surface area contributed by atoms with Crippen LogP contribution in [-0.2, 0) is 13.0 Å². The monoisotopic (exact) mass is 416 g/mol. The van der Waals surface area contributed by atoms with E-state index in [9.17, 15) is 9.18 Å². The number of amides is 2. The van der Waals surface area contributed by atoms with Crippen LogP contribution in [0.15, 0.2) is 23.6 Å². The van der Waals surface area contributed by atoms with Gasteiger partial charge in [0.2, 0.25) is 0 Å².